The van der Waals surface area contributed by atoms with Gasteiger partial charge in [-0.25, -0.2) is 0 Å². The van der Waals surface area contributed by atoms with E-state index in [1.165, 1.54) is 30.8 Å². The van der Waals surface area contributed by atoms with Gasteiger partial charge in [0, 0.05) is 24.5 Å². The zero-order valence-electron chi connectivity index (χ0n) is 8.96. The molecule has 1 atom stereocenters. The van der Waals surface area contributed by atoms with Gasteiger partial charge in [0.15, 0.2) is 0 Å². The van der Waals surface area contributed by atoms with Crippen LogP contribution in [0.1, 0.15) is 18.9 Å². The molecule has 2 N–H and O–H groups in total. The normalized spacial score (nSPS) is 21.6. The molecule has 0 amide bonds. The Morgan fingerprint density at radius 2 is 2.14 bits per heavy atom. The Bertz CT molecular complexity index is 313. The van der Waals surface area contributed by atoms with Gasteiger partial charge in [0.05, 0.1) is 0 Å². The van der Waals surface area contributed by atoms with Crippen molar-refractivity contribution in [3.8, 4) is 0 Å². The van der Waals surface area contributed by atoms with Crippen LogP contribution in [0.5, 0.6) is 0 Å². The summed E-state index contributed by atoms with van der Waals surface area (Å²) in [6.45, 7) is 6.74. The van der Waals surface area contributed by atoms with E-state index in [4.69, 9.17) is 5.73 Å². The molecule has 0 spiro atoms. The summed E-state index contributed by atoms with van der Waals surface area (Å²) >= 11 is 0. The van der Waals surface area contributed by atoms with E-state index >= 15 is 0 Å². The largest absolute Gasteiger partial charge is 0.399 e. The van der Waals surface area contributed by atoms with Gasteiger partial charge < -0.3 is 10.6 Å². The van der Waals surface area contributed by atoms with Crippen LogP contribution in [0.25, 0.3) is 0 Å². The fourth-order valence-corrected chi connectivity index (χ4v) is 2.14. The van der Waals surface area contributed by atoms with Crippen LogP contribution in [-0.4, -0.2) is 13.1 Å². The number of aryl methyl sites for hydroxylation is 1. The lowest BCUT2D eigenvalue weighted by atomic mass is 10.1. The van der Waals surface area contributed by atoms with E-state index in [1.807, 2.05) is 6.07 Å². The van der Waals surface area contributed by atoms with Gasteiger partial charge in [-0.05, 0) is 43.0 Å². The summed E-state index contributed by atoms with van der Waals surface area (Å²) in [5.74, 6) is 0.816. The number of rotatable bonds is 1. The van der Waals surface area contributed by atoms with E-state index in [2.05, 4.69) is 30.9 Å². The van der Waals surface area contributed by atoms with Crippen molar-refractivity contribution < 1.29 is 0 Å². The zero-order chi connectivity index (χ0) is 10.1. The van der Waals surface area contributed by atoms with E-state index in [0.29, 0.717) is 0 Å². The molecule has 2 heteroatoms. The first kappa shape index (κ1) is 9.38. The van der Waals surface area contributed by atoms with Crippen molar-refractivity contribution in [3.63, 3.8) is 0 Å². The smallest absolute Gasteiger partial charge is 0.0389 e. The van der Waals surface area contributed by atoms with Gasteiger partial charge in [-0.1, -0.05) is 6.92 Å². The van der Waals surface area contributed by atoms with E-state index in [0.717, 1.165) is 11.6 Å². The molecule has 1 heterocycles. The number of hydrogen-bond donors (Lipinski definition) is 1. The Labute approximate surface area is 85.7 Å². The van der Waals surface area contributed by atoms with Gasteiger partial charge in [-0.15, -0.1) is 0 Å². The van der Waals surface area contributed by atoms with Crippen LogP contribution in [0.3, 0.4) is 0 Å². The predicted octanol–water partition coefficient (Wildman–Crippen LogP) is 2.42. The number of nitrogens with zero attached hydrogens (tertiary/aromatic N) is 1. The van der Waals surface area contributed by atoms with Crippen molar-refractivity contribution in [1.82, 2.24) is 0 Å². The van der Waals surface area contributed by atoms with Gasteiger partial charge in [0.1, 0.15) is 0 Å². The van der Waals surface area contributed by atoms with Crippen molar-refractivity contribution in [3.05, 3.63) is 23.8 Å². The van der Waals surface area contributed by atoms with Crippen molar-refractivity contribution in [2.24, 2.45) is 5.92 Å². The molecule has 2 rings (SSSR count). The molecule has 1 aliphatic rings. The lowest BCUT2D eigenvalue weighted by Gasteiger charge is -2.19. The molecule has 1 aromatic rings. The second-order valence-electron chi connectivity index (χ2n) is 4.44. The Hall–Kier alpha value is -1.18. The molecule has 0 saturated carbocycles. The van der Waals surface area contributed by atoms with E-state index in [1.54, 1.807) is 0 Å². The molecule has 0 aromatic heterocycles. The summed E-state index contributed by atoms with van der Waals surface area (Å²) in [4.78, 5) is 2.42. The highest BCUT2D eigenvalue weighted by atomic mass is 15.1. The van der Waals surface area contributed by atoms with Crippen LogP contribution in [0, 0.1) is 12.8 Å². The van der Waals surface area contributed by atoms with Crippen molar-refractivity contribution >= 4 is 11.4 Å². The molecule has 0 aliphatic carbocycles. The molecule has 0 radical (unpaired) electrons. The minimum Gasteiger partial charge on any atom is -0.399 e. The van der Waals surface area contributed by atoms with Crippen molar-refractivity contribution in [1.29, 1.82) is 0 Å². The maximum atomic E-state index is 5.84. The van der Waals surface area contributed by atoms with Crippen LogP contribution in [0.2, 0.25) is 0 Å². The number of benzene rings is 1. The summed E-state index contributed by atoms with van der Waals surface area (Å²) in [6.07, 6.45) is 1.30. The first-order chi connectivity index (χ1) is 6.65. The van der Waals surface area contributed by atoms with Gasteiger partial charge >= 0.3 is 0 Å². The molecule has 0 bridgehead atoms. The number of hydrogen-bond acceptors (Lipinski definition) is 2. The van der Waals surface area contributed by atoms with Crippen LogP contribution in [-0.2, 0) is 0 Å². The third-order valence-corrected chi connectivity index (χ3v) is 2.87. The van der Waals surface area contributed by atoms with Gasteiger partial charge in [0.25, 0.3) is 0 Å². The topological polar surface area (TPSA) is 29.3 Å². The highest BCUT2D eigenvalue weighted by molar-refractivity contribution is 5.58. The van der Waals surface area contributed by atoms with Crippen LogP contribution >= 0.6 is 0 Å². The summed E-state index contributed by atoms with van der Waals surface area (Å²) in [5, 5.41) is 0. The fourth-order valence-electron chi connectivity index (χ4n) is 2.14. The Balaban J connectivity index is 2.23. The molecule has 2 nitrogen and oxygen atoms in total. The van der Waals surface area contributed by atoms with Gasteiger partial charge in [-0.2, -0.15) is 0 Å². The zero-order valence-corrected chi connectivity index (χ0v) is 8.96. The van der Waals surface area contributed by atoms with E-state index < -0.39 is 0 Å². The average Bonchev–Trinajstić information content (AvgIpc) is 2.50. The van der Waals surface area contributed by atoms with Crippen molar-refractivity contribution in [2.45, 2.75) is 20.3 Å². The monoisotopic (exact) mass is 190 g/mol. The predicted molar refractivity (Wildman–Crippen MR) is 61.6 cm³/mol. The fraction of sp³-hybridized carbons (Fsp3) is 0.500. The van der Waals surface area contributed by atoms with Crippen LogP contribution in [0.15, 0.2) is 18.2 Å². The molecule has 1 aliphatic heterocycles. The Morgan fingerprint density at radius 3 is 2.71 bits per heavy atom. The standard InChI is InChI=1S/C12H18N2/c1-9-3-4-14(8-9)12-6-10(2)5-11(13)7-12/h5-7,9H,3-4,8,13H2,1-2H3. The number of nitrogens with two attached hydrogens (primary N) is 1. The Morgan fingerprint density at radius 1 is 1.36 bits per heavy atom. The van der Waals surface area contributed by atoms with Crippen molar-refractivity contribution in [2.75, 3.05) is 23.7 Å². The third kappa shape index (κ3) is 1.84. The maximum Gasteiger partial charge on any atom is 0.0389 e. The third-order valence-electron chi connectivity index (χ3n) is 2.87. The van der Waals surface area contributed by atoms with Gasteiger partial charge in [0.2, 0.25) is 0 Å². The van der Waals surface area contributed by atoms with Gasteiger partial charge in [-0.3, -0.25) is 0 Å². The first-order valence-electron chi connectivity index (χ1n) is 5.27. The number of nitrogen functional groups attached to an aromatic ring is 1. The molecular formula is C12H18N2. The summed E-state index contributed by atoms with van der Waals surface area (Å²) in [7, 11) is 0. The number of anilines is 2. The molecule has 1 aromatic carbocycles. The lowest BCUT2D eigenvalue weighted by molar-refractivity contribution is 0.659. The molecule has 14 heavy (non-hydrogen) atoms. The minimum absolute atomic E-state index is 0.816. The molecule has 1 saturated heterocycles. The van der Waals surface area contributed by atoms with Crippen LogP contribution < -0.4 is 10.6 Å². The summed E-state index contributed by atoms with van der Waals surface area (Å²) in [5.41, 5.74) is 9.24. The molecule has 1 unspecified atom stereocenters. The highest BCUT2D eigenvalue weighted by Crippen LogP contribution is 2.26. The average molecular weight is 190 g/mol. The minimum atomic E-state index is 0.816. The quantitative estimate of drug-likeness (QED) is 0.689. The van der Waals surface area contributed by atoms with Crippen LogP contribution in [0.4, 0.5) is 11.4 Å². The maximum absolute atomic E-state index is 5.84. The molecule has 1 fully saturated rings. The second kappa shape index (κ2) is 3.52. The summed E-state index contributed by atoms with van der Waals surface area (Å²) < 4.78 is 0. The van der Waals surface area contributed by atoms with E-state index in [-0.39, 0.29) is 0 Å². The highest BCUT2D eigenvalue weighted by Gasteiger charge is 2.18. The Kier molecular flexibility index (Phi) is 2.36. The SMILES string of the molecule is Cc1cc(N)cc(N2CCC(C)C2)c1. The second-order valence-corrected chi connectivity index (χ2v) is 4.44. The molecular weight excluding hydrogens is 172 g/mol. The molecule has 76 valence electrons. The summed E-state index contributed by atoms with van der Waals surface area (Å²) in [6, 6.07) is 6.31. The first-order valence-corrected chi connectivity index (χ1v) is 5.27. The lowest BCUT2D eigenvalue weighted by Crippen LogP contribution is -2.19. The van der Waals surface area contributed by atoms with E-state index in [9.17, 15) is 0 Å².